The molecule has 1 aromatic rings. The molecule has 0 saturated carbocycles. The molecule has 1 fully saturated rings. The maximum atomic E-state index is 10.8. The summed E-state index contributed by atoms with van der Waals surface area (Å²) in [5.74, 6) is 0.523. The number of likely N-dealkylation sites (tertiary alicyclic amines) is 1. The second kappa shape index (κ2) is 5.99. The number of nitro benzene ring substituents is 1. The fourth-order valence-corrected chi connectivity index (χ4v) is 2.33. The third-order valence-corrected chi connectivity index (χ3v) is 3.38. The third kappa shape index (κ3) is 3.65. The quantitative estimate of drug-likeness (QED) is 0.644. The summed E-state index contributed by atoms with van der Waals surface area (Å²) in [5.41, 5.74) is 0.945. The van der Waals surface area contributed by atoms with Gasteiger partial charge < -0.3 is 15.0 Å². The van der Waals surface area contributed by atoms with E-state index in [4.69, 9.17) is 4.74 Å². The number of likely N-dealkylation sites (N-methyl/N-ethyl adjacent to an activating group) is 1. The minimum atomic E-state index is -0.393. The molecule has 6 nitrogen and oxygen atoms in total. The number of nitrogens with zero attached hydrogens (tertiary/aromatic N) is 2. The van der Waals surface area contributed by atoms with Gasteiger partial charge in [0.25, 0.3) is 5.69 Å². The van der Waals surface area contributed by atoms with E-state index in [2.05, 4.69) is 17.3 Å². The maximum absolute atomic E-state index is 10.8. The number of nitrogens with one attached hydrogen (secondary N) is 1. The van der Waals surface area contributed by atoms with Crippen LogP contribution in [0.15, 0.2) is 18.2 Å². The van der Waals surface area contributed by atoms with Crippen LogP contribution in [0.25, 0.3) is 0 Å². The molecule has 1 heterocycles. The molecule has 1 unspecified atom stereocenters. The molecule has 0 amide bonds. The Balaban J connectivity index is 2.02. The molecule has 1 atom stereocenters. The van der Waals surface area contributed by atoms with Crippen LogP contribution in [0.5, 0.6) is 5.75 Å². The summed E-state index contributed by atoms with van der Waals surface area (Å²) in [6.07, 6.45) is 1.11. The summed E-state index contributed by atoms with van der Waals surface area (Å²) < 4.78 is 5.09. The topological polar surface area (TPSA) is 67.6 Å². The first-order chi connectivity index (χ1) is 9.08. The summed E-state index contributed by atoms with van der Waals surface area (Å²) in [7, 11) is 3.61. The fourth-order valence-electron chi connectivity index (χ4n) is 2.33. The summed E-state index contributed by atoms with van der Waals surface area (Å²) in [6.45, 7) is 2.73. The lowest BCUT2D eigenvalue weighted by atomic mass is 10.1. The second-order valence-electron chi connectivity index (χ2n) is 4.93. The number of ether oxygens (including phenoxy) is 1. The molecule has 1 saturated heterocycles. The smallest absolute Gasteiger partial charge is 0.273 e. The van der Waals surface area contributed by atoms with E-state index < -0.39 is 4.92 Å². The van der Waals surface area contributed by atoms with Crippen LogP contribution in [0.4, 0.5) is 5.69 Å². The van der Waals surface area contributed by atoms with Crippen molar-refractivity contribution in [1.29, 1.82) is 0 Å². The number of nitro groups is 1. The number of hydrogen-bond donors (Lipinski definition) is 1. The van der Waals surface area contributed by atoms with Gasteiger partial charge in [-0.25, -0.2) is 0 Å². The summed E-state index contributed by atoms with van der Waals surface area (Å²) >= 11 is 0. The van der Waals surface area contributed by atoms with Crippen LogP contribution in [-0.4, -0.2) is 43.1 Å². The molecule has 19 heavy (non-hydrogen) atoms. The predicted octanol–water partition coefficient (Wildman–Crippen LogP) is 1.40. The van der Waals surface area contributed by atoms with E-state index in [9.17, 15) is 10.1 Å². The summed E-state index contributed by atoms with van der Waals surface area (Å²) in [5, 5.41) is 14.3. The Bertz CT molecular complexity index is 464. The van der Waals surface area contributed by atoms with Gasteiger partial charge in [-0.1, -0.05) is 0 Å². The van der Waals surface area contributed by atoms with Gasteiger partial charge in [-0.3, -0.25) is 10.1 Å². The largest absolute Gasteiger partial charge is 0.496 e. The van der Waals surface area contributed by atoms with Gasteiger partial charge in [0.2, 0.25) is 0 Å². The van der Waals surface area contributed by atoms with E-state index in [1.165, 1.54) is 13.2 Å². The normalized spacial score (nSPS) is 19.6. The Kier molecular flexibility index (Phi) is 4.34. The number of methoxy groups -OCH3 is 1. The molecule has 0 aliphatic carbocycles. The molecule has 1 N–H and O–H groups in total. The van der Waals surface area contributed by atoms with Crippen LogP contribution >= 0.6 is 0 Å². The lowest BCUT2D eigenvalue weighted by Crippen LogP contribution is -2.30. The van der Waals surface area contributed by atoms with Gasteiger partial charge in [-0.2, -0.15) is 0 Å². The van der Waals surface area contributed by atoms with Gasteiger partial charge in [0, 0.05) is 25.2 Å². The van der Waals surface area contributed by atoms with Crippen molar-refractivity contribution in [3.63, 3.8) is 0 Å². The van der Waals surface area contributed by atoms with Crippen molar-refractivity contribution in [3.8, 4) is 5.75 Å². The Morgan fingerprint density at radius 2 is 2.32 bits per heavy atom. The van der Waals surface area contributed by atoms with E-state index in [0.29, 0.717) is 18.3 Å². The third-order valence-electron chi connectivity index (χ3n) is 3.38. The van der Waals surface area contributed by atoms with E-state index in [0.717, 1.165) is 25.1 Å². The van der Waals surface area contributed by atoms with E-state index >= 15 is 0 Å². The van der Waals surface area contributed by atoms with Crippen molar-refractivity contribution in [2.24, 2.45) is 0 Å². The zero-order chi connectivity index (χ0) is 13.8. The minimum absolute atomic E-state index is 0.0692. The summed E-state index contributed by atoms with van der Waals surface area (Å²) in [4.78, 5) is 12.7. The van der Waals surface area contributed by atoms with Gasteiger partial charge in [-0.15, -0.1) is 0 Å². The Morgan fingerprint density at radius 3 is 2.89 bits per heavy atom. The molecule has 1 aliphatic rings. The zero-order valence-corrected chi connectivity index (χ0v) is 11.3. The van der Waals surface area contributed by atoms with Crippen molar-refractivity contribution >= 4 is 5.69 Å². The highest BCUT2D eigenvalue weighted by molar-refractivity contribution is 5.42. The average Bonchev–Trinajstić information content (AvgIpc) is 2.81. The highest BCUT2D eigenvalue weighted by Crippen LogP contribution is 2.22. The molecule has 0 bridgehead atoms. The molecule has 0 spiro atoms. The molecule has 1 aliphatic heterocycles. The number of non-ortho nitro benzene ring substituents is 1. The molecular formula is C13H19N3O3. The summed E-state index contributed by atoms with van der Waals surface area (Å²) in [6, 6.07) is 5.31. The SMILES string of the molecule is COc1cc(CNC2CCN(C)C2)cc([N+](=O)[O-])c1. The van der Waals surface area contributed by atoms with Crippen molar-refractivity contribution in [1.82, 2.24) is 10.2 Å². The first-order valence-electron chi connectivity index (χ1n) is 6.33. The molecule has 1 aromatic carbocycles. The van der Waals surface area contributed by atoms with Crippen LogP contribution in [-0.2, 0) is 6.54 Å². The molecule has 2 rings (SSSR count). The lowest BCUT2D eigenvalue weighted by molar-refractivity contribution is -0.385. The number of hydrogen-bond acceptors (Lipinski definition) is 5. The van der Waals surface area contributed by atoms with Gasteiger partial charge >= 0.3 is 0 Å². The van der Waals surface area contributed by atoms with Crippen LogP contribution in [0, 0.1) is 10.1 Å². The van der Waals surface area contributed by atoms with E-state index in [-0.39, 0.29) is 5.69 Å². The monoisotopic (exact) mass is 265 g/mol. The van der Waals surface area contributed by atoms with Gasteiger partial charge in [0.15, 0.2) is 0 Å². The van der Waals surface area contributed by atoms with Crippen molar-refractivity contribution in [3.05, 3.63) is 33.9 Å². The van der Waals surface area contributed by atoms with Gasteiger partial charge in [0.1, 0.15) is 5.75 Å². The van der Waals surface area contributed by atoms with Crippen molar-refractivity contribution in [2.45, 2.75) is 19.0 Å². The van der Waals surface area contributed by atoms with Crippen molar-refractivity contribution in [2.75, 3.05) is 27.2 Å². The number of benzene rings is 1. The fraction of sp³-hybridized carbons (Fsp3) is 0.538. The van der Waals surface area contributed by atoms with Crippen LogP contribution in [0.1, 0.15) is 12.0 Å². The molecule has 0 radical (unpaired) electrons. The van der Waals surface area contributed by atoms with Gasteiger partial charge in [-0.05, 0) is 31.6 Å². The minimum Gasteiger partial charge on any atom is -0.496 e. The van der Waals surface area contributed by atoms with E-state index in [1.54, 1.807) is 6.07 Å². The maximum Gasteiger partial charge on any atom is 0.273 e. The Labute approximate surface area is 112 Å². The zero-order valence-electron chi connectivity index (χ0n) is 11.3. The second-order valence-corrected chi connectivity index (χ2v) is 4.93. The highest BCUT2D eigenvalue weighted by atomic mass is 16.6. The van der Waals surface area contributed by atoms with E-state index in [1.807, 2.05) is 6.07 Å². The average molecular weight is 265 g/mol. The Morgan fingerprint density at radius 1 is 1.53 bits per heavy atom. The van der Waals surface area contributed by atoms with Crippen LogP contribution in [0.3, 0.4) is 0 Å². The molecule has 6 heteroatoms. The lowest BCUT2D eigenvalue weighted by Gasteiger charge is -2.13. The van der Waals surface area contributed by atoms with Crippen LogP contribution in [0.2, 0.25) is 0 Å². The Hall–Kier alpha value is -1.66. The molecular weight excluding hydrogens is 246 g/mol. The molecule has 0 aromatic heterocycles. The first kappa shape index (κ1) is 13.8. The standard InChI is InChI=1S/C13H19N3O3/c1-15-4-3-11(9-15)14-8-10-5-12(16(17)18)7-13(6-10)19-2/h5-7,11,14H,3-4,8-9H2,1-2H3. The molecule has 104 valence electrons. The van der Waals surface area contributed by atoms with Crippen LogP contribution < -0.4 is 10.1 Å². The highest BCUT2D eigenvalue weighted by Gasteiger charge is 2.19. The first-order valence-corrected chi connectivity index (χ1v) is 6.33. The van der Waals surface area contributed by atoms with Gasteiger partial charge in [0.05, 0.1) is 18.1 Å². The predicted molar refractivity (Wildman–Crippen MR) is 72.4 cm³/mol. The van der Waals surface area contributed by atoms with Crippen molar-refractivity contribution < 1.29 is 9.66 Å². The number of rotatable bonds is 5.